The number of halogens is 1. The van der Waals surface area contributed by atoms with Gasteiger partial charge in [-0.2, -0.15) is 5.26 Å². The number of nitriles is 1. The third kappa shape index (κ3) is 3.56. The number of benzene rings is 1. The summed E-state index contributed by atoms with van der Waals surface area (Å²) in [4.78, 5) is 13.6. The van der Waals surface area contributed by atoms with Crippen LogP contribution in [0.2, 0.25) is 0 Å². The number of amides is 1. The Hall–Kier alpha value is -1.89. The molecule has 0 heterocycles. The Morgan fingerprint density at radius 3 is 2.82 bits per heavy atom. The highest BCUT2D eigenvalue weighted by atomic mass is 19.1. The largest absolute Gasteiger partial charge is 0.338 e. The van der Waals surface area contributed by atoms with Gasteiger partial charge in [0.2, 0.25) is 0 Å². The normalized spacial score (nSPS) is 11.6. The van der Waals surface area contributed by atoms with Gasteiger partial charge in [0.15, 0.2) is 0 Å². The van der Waals surface area contributed by atoms with Crippen LogP contribution in [0.5, 0.6) is 0 Å². The zero-order valence-corrected chi connectivity index (χ0v) is 9.98. The van der Waals surface area contributed by atoms with Crippen molar-refractivity contribution in [1.29, 1.82) is 5.26 Å². The van der Waals surface area contributed by atoms with E-state index in [1.165, 1.54) is 18.2 Å². The Labute approximate surface area is 100 Å². The van der Waals surface area contributed by atoms with E-state index in [9.17, 15) is 9.18 Å². The first kappa shape index (κ1) is 13.2. The maximum atomic E-state index is 13.0. The minimum absolute atomic E-state index is 0.229. The Bertz CT molecular complexity index is 439. The van der Waals surface area contributed by atoms with Crippen LogP contribution in [0.3, 0.4) is 0 Å². The third-order valence-corrected chi connectivity index (χ3v) is 2.46. The number of nitrogens with zero attached hydrogens (tertiary/aromatic N) is 2. The summed E-state index contributed by atoms with van der Waals surface area (Å²) in [5.41, 5.74) is 0.317. The number of hydrogen-bond donors (Lipinski definition) is 0. The molecule has 0 fully saturated rings. The molecule has 0 radical (unpaired) electrons. The molecule has 0 N–H and O–H groups in total. The fraction of sp³-hybridized carbons (Fsp3) is 0.385. The summed E-state index contributed by atoms with van der Waals surface area (Å²) >= 11 is 0. The van der Waals surface area contributed by atoms with Crippen molar-refractivity contribution >= 4 is 5.91 Å². The van der Waals surface area contributed by atoms with Crippen LogP contribution in [0.15, 0.2) is 24.3 Å². The highest BCUT2D eigenvalue weighted by molar-refractivity contribution is 5.94. The molecule has 4 heteroatoms. The molecule has 0 aromatic heterocycles. The molecule has 1 aromatic carbocycles. The molecular formula is C13H15FN2O. The van der Waals surface area contributed by atoms with Crippen LogP contribution in [-0.2, 0) is 0 Å². The van der Waals surface area contributed by atoms with Crippen molar-refractivity contribution in [2.45, 2.75) is 13.8 Å². The third-order valence-electron chi connectivity index (χ3n) is 2.46. The second-order valence-corrected chi connectivity index (χ2v) is 3.88. The van der Waals surface area contributed by atoms with Crippen LogP contribution in [0.4, 0.5) is 4.39 Å². The van der Waals surface area contributed by atoms with Crippen LogP contribution in [0.25, 0.3) is 0 Å². The minimum atomic E-state index is -0.430. The van der Waals surface area contributed by atoms with E-state index in [1.54, 1.807) is 17.9 Å². The van der Waals surface area contributed by atoms with E-state index in [4.69, 9.17) is 5.26 Å². The molecule has 0 aliphatic carbocycles. The molecule has 90 valence electrons. The highest BCUT2D eigenvalue weighted by Gasteiger charge is 2.16. The molecule has 1 aromatic rings. The standard InChI is InChI=1S/C13H15FN2O/c1-3-16(9-10(2)8-15)13(17)11-5-4-6-12(14)7-11/h4-7,10H,3,9H2,1-2H3. The Kier molecular flexibility index (Phi) is 4.65. The van der Waals surface area contributed by atoms with Crippen LogP contribution < -0.4 is 0 Å². The molecule has 17 heavy (non-hydrogen) atoms. The molecule has 1 unspecified atom stereocenters. The van der Waals surface area contributed by atoms with Gasteiger partial charge in [0.05, 0.1) is 12.0 Å². The lowest BCUT2D eigenvalue weighted by Crippen LogP contribution is -2.34. The molecule has 1 amide bonds. The first-order valence-corrected chi connectivity index (χ1v) is 5.53. The molecule has 3 nitrogen and oxygen atoms in total. The van der Waals surface area contributed by atoms with E-state index in [2.05, 4.69) is 6.07 Å². The van der Waals surface area contributed by atoms with Gasteiger partial charge < -0.3 is 4.90 Å². The van der Waals surface area contributed by atoms with Crippen molar-refractivity contribution in [3.63, 3.8) is 0 Å². The van der Waals surface area contributed by atoms with Crippen molar-refractivity contribution in [1.82, 2.24) is 4.90 Å². The predicted molar refractivity (Wildman–Crippen MR) is 62.8 cm³/mol. The van der Waals surface area contributed by atoms with Crippen LogP contribution in [0.1, 0.15) is 24.2 Å². The van der Waals surface area contributed by atoms with Gasteiger partial charge in [0, 0.05) is 18.7 Å². The number of carbonyl (C=O) groups is 1. The first-order chi connectivity index (χ1) is 8.08. The molecule has 1 atom stereocenters. The van der Waals surface area contributed by atoms with Gasteiger partial charge in [-0.25, -0.2) is 4.39 Å². The van der Waals surface area contributed by atoms with Gasteiger partial charge in [-0.1, -0.05) is 6.07 Å². The van der Waals surface area contributed by atoms with Crippen LogP contribution in [-0.4, -0.2) is 23.9 Å². The summed E-state index contributed by atoms with van der Waals surface area (Å²) in [6, 6.07) is 7.67. The molecule has 1 rings (SSSR count). The molecule has 0 aliphatic heterocycles. The predicted octanol–water partition coefficient (Wildman–Crippen LogP) is 2.45. The van der Waals surface area contributed by atoms with E-state index >= 15 is 0 Å². The molecule has 0 saturated carbocycles. The summed E-state index contributed by atoms with van der Waals surface area (Å²) in [7, 11) is 0. The van der Waals surface area contributed by atoms with Crippen molar-refractivity contribution in [3.05, 3.63) is 35.6 Å². The fourth-order valence-corrected chi connectivity index (χ4v) is 1.53. The Morgan fingerprint density at radius 2 is 2.29 bits per heavy atom. The highest BCUT2D eigenvalue weighted by Crippen LogP contribution is 2.09. The quantitative estimate of drug-likeness (QED) is 0.803. The summed E-state index contributed by atoms with van der Waals surface area (Å²) < 4.78 is 13.0. The van der Waals surface area contributed by atoms with Crippen molar-refractivity contribution < 1.29 is 9.18 Å². The molecular weight excluding hydrogens is 219 g/mol. The van der Waals surface area contributed by atoms with Crippen LogP contribution >= 0.6 is 0 Å². The second-order valence-electron chi connectivity index (χ2n) is 3.88. The lowest BCUT2D eigenvalue weighted by Gasteiger charge is -2.21. The average Bonchev–Trinajstić information content (AvgIpc) is 2.34. The SMILES string of the molecule is CCN(CC(C)C#N)C(=O)c1cccc(F)c1. The lowest BCUT2D eigenvalue weighted by molar-refractivity contribution is 0.0752. The topological polar surface area (TPSA) is 44.1 Å². The number of rotatable bonds is 4. The fourth-order valence-electron chi connectivity index (χ4n) is 1.53. The lowest BCUT2D eigenvalue weighted by atomic mass is 10.1. The minimum Gasteiger partial charge on any atom is -0.338 e. The van der Waals surface area contributed by atoms with Gasteiger partial charge in [-0.3, -0.25) is 4.79 Å². The summed E-state index contributed by atoms with van der Waals surface area (Å²) in [5, 5.41) is 8.73. The average molecular weight is 234 g/mol. The smallest absolute Gasteiger partial charge is 0.253 e. The summed E-state index contributed by atoms with van der Waals surface area (Å²) in [6.07, 6.45) is 0. The second kappa shape index (κ2) is 6.00. The van der Waals surface area contributed by atoms with Crippen molar-refractivity contribution in [2.75, 3.05) is 13.1 Å². The Morgan fingerprint density at radius 1 is 1.59 bits per heavy atom. The van der Waals surface area contributed by atoms with Crippen molar-refractivity contribution in [2.24, 2.45) is 5.92 Å². The van der Waals surface area contributed by atoms with Gasteiger partial charge >= 0.3 is 0 Å². The van der Waals surface area contributed by atoms with Gasteiger partial charge in [-0.05, 0) is 32.0 Å². The maximum absolute atomic E-state index is 13.0. The van der Waals surface area contributed by atoms with E-state index in [0.29, 0.717) is 18.7 Å². The van der Waals surface area contributed by atoms with E-state index < -0.39 is 5.82 Å². The van der Waals surface area contributed by atoms with E-state index in [0.717, 1.165) is 0 Å². The number of hydrogen-bond acceptors (Lipinski definition) is 2. The van der Waals surface area contributed by atoms with Gasteiger partial charge in [0.25, 0.3) is 5.91 Å². The van der Waals surface area contributed by atoms with Gasteiger partial charge in [0.1, 0.15) is 5.82 Å². The number of carbonyl (C=O) groups excluding carboxylic acids is 1. The molecule has 0 bridgehead atoms. The zero-order chi connectivity index (χ0) is 12.8. The van der Waals surface area contributed by atoms with E-state index in [-0.39, 0.29) is 11.8 Å². The van der Waals surface area contributed by atoms with Crippen molar-refractivity contribution in [3.8, 4) is 6.07 Å². The molecule has 0 aliphatic rings. The van der Waals surface area contributed by atoms with Gasteiger partial charge in [-0.15, -0.1) is 0 Å². The molecule has 0 spiro atoms. The van der Waals surface area contributed by atoms with Crippen LogP contribution in [0, 0.1) is 23.1 Å². The molecule has 0 saturated heterocycles. The first-order valence-electron chi connectivity index (χ1n) is 5.53. The summed E-state index contributed by atoms with van der Waals surface area (Å²) in [6.45, 7) is 4.45. The summed E-state index contributed by atoms with van der Waals surface area (Å²) in [5.74, 6) is -0.901. The monoisotopic (exact) mass is 234 g/mol. The zero-order valence-electron chi connectivity index (χ0n) is 9.98. The Balaban J connectivity index is 2.83. The maximum Gasteiger partial charge on any atom is 0.253 e. The van der Waals surface area contributed by atoms with E-state index in [1.807, 2.05) is 6.92 Å².